The maximum Gasteiger partial charge on any atom is 0.0675 e. The van der Waals surface area contributed by atoms with Gasteiger partial charge in [-0.15, -0.1) is 0 Å². The average molecular weight is 344 g/mol. The summed E-state index contributed by atoms with van der Waals surface area (Å²) >= 11 is 0. The zero-order chi connectivity index (χ0) is 17.6. The zero-order valence-electron chi connectivity index (χ0n) is 15.8. The number of aliphatic hydroxyl groups is 2. The van der Waals surface area contributed by atoms with Gasteiger partial charge in [-0.1, -0.05) is 13.8 Å². The van der Waals surface area contributed by atoms with Gasteiger partial charge in [-0.2, -0.15) is 5.10 Å². The molecule has 25 heavy (non-hydrogen) atoms. The first-order valence-electron chi connectivity index (χ1n) is 10.2. The Balaban J connectivity index is 1.54. The molecule has 138 valence electrons. The van der Waals surface area contributed by atoms with Gasteiger partial charge in [0, 0.05) is 5.69 Å². The van der Waals surface area contributed by atoms with E-state index in [4.69, 9.17) is 0 Å². The first-order valence-corrected chi connectivity index (χ1v) is 10.2. The van der Waals surface area contributed by atoms with Crippen molar-refractivity contribution in [2.24, 2.45) is 34.5 Å². The molecule has 1 aromatic heterocycles. The maximum absolute atomic E-state index is 11.1. The second-order valence-corrected chi connectivity index (χ2v) is 10.3. The Kier molecular flexibility index (Phi) is 3.19. The minimum Gasteiger partial charge on any atom is -0.393 e. The molecule has 0 aliphatic heterocycles. The SMILES string of the molecule is C[C@]1(O)CCC2C3C[C@H](O)[C@H]4Cc5[nH]ncc5C[C@]4(C)C3CC[C@@]21C. The highest BCUT2D eigenvalue weighted by atomic mass is 16.3. The number of nitrogens with zero attached hydrogens (tertiary/aromatic N) is 1. The van der Waals surface area contributed by atoms with E-state index < -0.39 is 5.60 Å². The third-order valence-electron chi connectivity index (χ3n) is 9.47. The summed E-state index contributed by atoms with van der Waals surface area (Å²) in [5, 5.41) is 29.6. The van der Waals surface area contributed by atoms with E-state index in [0.717, 1.165) is 38.5 Å². The summed E-state index contributed by atoms with van der Waals surface area (Å²) in [6, 6.07) is 0. The minimum absolute atomic E-state index is 0.0204. The van der Waals surface area contributed by atoms with Gasteiger partial charge in [0.1, 0.15) is 0 Å². The number of fused-ring (bicyclic) bond motifs is 6. The number of aromatic amines is 1. The lowest BCUT2D eigenvalue weighted by atomic mass is 9.44. The van der Waals surface area contributed by atoms with E-state index in [-0.39, 0.29) is 16.9 Å². The highest BCUT2D eigenvalue weighted by Gasteiger charge is 2.64. The van der Waals surface area contributed by atoms with Crippen molar-refractivity contribution in [2.45, 2.75) is 77.4 Å². The van der Waals surface area contributed by atoms with E-state index in [0.29, 0.717) is 23.7 Å². The number of H-pyrrole nitrogens is 1. The Morgan fingerprint density at radius 2 is 1.88 bits per heavy atom. The first-order chi connectivity index (χ1) is 11.8. The molecule has 3 fully saturated rings. The van der Waals surface area contributed by atoms with Gasteiger partial charge in [-0.25, -0.2) is 0 Å². The third-order valence-corrected chi connectivity index (χ3v) is 9.47. The van der Waals surface area contributed by atoms with Gasteiger partial charge in [0.15, 0.2) is 0 Å². The zero-order valence-corrected chi connectivity index (χ0v) is 15.8. The first kappa shape index (κ1) is 16.3. The molecule has 0 bridgehead atoms. The standard InChI is InChI=1S/C21H32N2O2/c1-19-10-12-11-22-23-17(12)9-16(19)18(24)8-13-14(19)4-6-20(2)15(13)5-7-21(20,3)25/h11,13-16,18,24-25H,4-10H2,1-3H3,(H,22,23)/t13?,14?,15?,16-,18+,19-,20+,21+/m1/s1. The van der Waals surface area contributed by atoms with E-state index in [2.05, 4.69) is 31.0 Å². The van der Waals surface area contributed by atoms with Crippen LogP contribution in [0.15, 0.2) is 6.20 Å². The predicted octanol–water partition coefficient (Wildman–Crippen LogP) is 3.09. The lowest BCUT2D eigenvalue weighted by molar-refractivity contribution is -0.167. The Bertz CT molecular complexity index is 698. The fourth-order valence-corrected chi connectivity index (χ4v) is 7.76. The van der Waals surface area contributed by atoms with Crippen LogP contribution in [0.1, 0.15) is 64.1 Å². The van der Waals surface area contributed by atoms with E-state index >= 15 is 0 Å². The van der Waals surface area contributed by atoms with Crippen LogP contribution in [0.3, 0.4) is 0 Å². The largest absolute Gasteiger partial charge is 0.393 e. The molecule has 1 heterocycles. The maximum atomic E-state index is 11.1. The number of hydrogen-bond donors (Lipinski definition) is 3. The van der Waals surface area contributed by atoms with Crippen LogP contribution in [0.25, 0.3) is 0 Å². The molecule has 3 saturated carbocycles. The van der Waals surface area contributed by atoms with Crippen molar-refractivity contribution in [3.8, 4) is 0 Å². The molecular weight excluding hydrogens is 312 g/mol. The van der Waals surface area contributed by atoms with Crippen molar-refractivity contribution in [2.75, 3.05) is 0 Å². The summed E-state index contributed by atoms with van der Waals surface area (Å²) in [4.78, 5) is 0. The van der Waals surface area contributed by atoms with Gasteiger partial charge < -0.3 is 10.2 Å². The van der Waals surface area contributed by atoms with Crippen LogP contribution < -0.4 is 0 Å². The molecule has 4 aliphatic carbocycles. The summed E-state index contributed by atoms with van der Waals surface area (Å²) in [6.45, 7) is 6.80. The molecule has 1 aromatic rings. The molecule has 0 aromatic carbocycles. The van der Waals surface area contributed by atoms with Crippen molar-refractivity contribution in [3.63, 3.8) is 0 Å². The second kappa shape index (κ2) is 4.89. The van der Waals surface area contributed by atoms with Crippen molar-refractivity contribution in [3.05, 3.63) is 17.5 Å². The smallest absolute Gasteiger partial charge is 0.0675 e. The molecule has 0 saturated heterocycles. The molecule has 0 radical (unpaired) electrons. The molecule has 0 amide bonds. The van der Waals surface area contributed by atoms with E-state index in [1.807, 2.05) is 6.20 Å². The quantitative estimate of drug-likeness (QED) is 0.677. The molecule has 4 nitrogen and oxygen atoms in total. The fourth-order valence-electron chi connectivity index (χ4n) is 7.76. The van der Waals surface area contributed by atoms with Gasteiger partial charge >= 0.3 is 0 Å². The average Bonchev–Trinajstić information content (AvgIpc) is 3.08. The van der Waals surface area contributed by atoms with Crippen molar-refractivity contribution < 1.29 is 10.2 Å². The number of hydrogen-bond acceptors (Lipinski definition) is 3. The third kappa shape index (κ3) is 1.93. The Morgan fingerprint density at radius 3 is 2.68 bits per heavy atom. The van der Waals surface area contributed by atoms with E-state index in [1.54, 1.807) is 0 Å². The van der Waals surface area contributed by atoms with Crippen molar-refractivity contribution >= 4 is 0 Å². The summed E-state index contributed by atoms with van der Waals surface area (Å²) < 4.78 is 0. The number of nitrogens with one attached hydrogen (secondary N) is 1. The van der Waals surface area contributed by atoms with Gasteiger partial charge in [0.2, 0.25) is 0 Å². The summed E-state index contributed by atoms with van der Waals surface area (Å²) in [6.07, 6.45) is 9.04. The van der Waals surface area contributed by atoms with E-state index in [1.165, 1.54) is 17.7 Å². The molecule has 0 spiro atoms. The molecule has 8 atom stereocenters. The van der Waals surface area contributed by atoms with Crippen LogP contribution in [-0.4, -0.2) is 32.1 Å². The second-order valence-electron chi connectivity index (χ2n) is 10.3. The van der Waals surface area contributed by atoms with Crippen molar-refractivity contribution in [1.29, 1.82) is 0 Å². The normalized spacial score (nSPS) is 54.4. The lowest BCUT2D eigenvalue weighted by Gasteiger charge is -2.61. The Hall–Kier alpha value is -0.870. The molecule has 3 unspecified atom stereocenters. The van der Waals surface area contributed by atoms with Crippen LogP contribution in [-0.2, 0) is 12.8 Å². The minimum atomic E-state index is -0.546. The van der Waals surface area contributed by atoms with E-state index in [9.17, 15) is 10.2 Å². The number of aliphatic hydroxyl groups excluding tert-OH is 1. The van der Waals surface area contributed by atoms with Crippen molar-refractivity contribution in [1.82, 2.24) is 10.2 Å². The number of aromatic nitrogens is 2. The predicted molar refractivity (Wildman–Crippen MR) is 95.9 cm³/mol. The van der Waals surface area contributed by atoms with Gasteiger partial charge in [0.05, 0.1) is 17.9 Å². The molecule has 4 heteroatoms. The molecule has 4 aliphatic rings. The summed E-state index contributed by atoms with van der Waals surface area (Å²) in [5.74, 6) is 2.11. The van der Waals surface area contributed by atoms with Crippen LogP contribution in [0.2, 0.25) is 0 Å². The summed E-state index contributed by atoms with van der Waals surface area (Å²) in [5.41, 5.74) is 2.24. The van der Waals surface area contributed by atoms with Crippen LogP contribution in [0.5, 0.6) is 0 Å². The van der Waals surface area contributed by atoms with Gasteiger partial charge in [-0.05, 0) is 91.9 Å². The van der Waals surface area contributed by atoms with Crippen LogP contribution in [0, 0.1) is 34.5 Å². The molecule has 5 rings (SSSR count). The van der Waals surface area contributed by atoms with Gasteiger partial charge in [-0.3, -0.25) is 5.10 Å². The molecule has 3 N–H and O–H groups in total. The monoisotopic (exact) mass is 344 g/mol. The Labute approximate surface area is 150 Å². The molecular formula is C21H32N2O2. The Morgan fingerprint density at radius 1 is 1.12 bits per heavy atom. The summed E-state index contributed by atoms with van der Waals surface area (Å²) in [7, 11) is 0. The topological polar surface area (TPSA) is 69.1 Å². The number of rotatable bonds is 0. The lowest BCUT2D eigenvalue weighted by Crippen LogP contribution is -2.59. The fraction of sp³-hybridized carbons (Fsp3) is 0.857. The highest BCUT2D eigenvalue weighted by Crippen LogP contribution is 2.67. The van der Waals surface area contributed by atoms with Crippen LogP contribution >= 0.6 is 0 Å². The van der Waals surface area contributed by atoms with Gasteiger partial charge in [0.25, 0.3) is 0 Å². The van der Waals surface area contributed by atoms with Crippen LogP contribution in [0.4, 0.5) is 0 Å². The highest BCUT2D eigenvalue weighted by molar-refractivity contribution is 5.27.